The van der Waals surface area contributed by atoms with Crippen LogP contribution < -0.4 is 11.1 Å². The lowest BCUT2D eigenvalue weighted by Crippen LogP contribution is -2.30. The van der Waals surface area contributed by atoms with E-state index in [1.54, 1.807) is 0 Å². The molecular weight excluding hydrogens is 366 g/mol. The number of fused-ring (bicyclic) bond motifs is 1. The summed E-state index contributed by atoms with van der Waals surface area (Å²) in [5.74, 6) is 0.656. The highest BCUT2D eigenvalue weighted by Gasteiger charge is 2.28. The number of primary amides is 1. The number of aromatic nitrogens is 3. The van der Waals surface area contributed by atoms with Crippen LogP contribution in [0.2, 0.25) is 0 Å². The zero-order valence-electron chi connectivity index (χ0n) is 16.8. The van der Waals surface area contributed by atoms with Crippen LogP contribution in [0.4, 0.5) is 5.95 Å². The maximum atomic E-state index is 11.9. The molecule has 7 nitrogen and oxygen atoms in total. The van der Waals surface area contributed by atoms with Gasteiger partial charge in [-0.25, -0.2) is 9.97 Å². The van der Waals surface area contributed by atoms with Gasteiger partial charge in [0.2, 0.25) is 5.95 Å². The van der Waals surface area contributed by atoms with E-state index in [0.717, 1.165) is 38.5 Å². The lowest BCUT2D eigenvalue weighted by atomic mass is 9.78. The molecule has 0 aliphatic heterocycles. The molecule has 0 unspecified atom stereocenters. The third kappa shape index (κ3) is 4.56. The van der Waals surface area contributed by atoms with Crippen LogP contribution in [0.15, 0.2) is 24.5 Å². The molecule has 0 radical (unpaired) electrons. The minimum atomic E-state index is -0.506. The highest BCUT2D eigenvalue weighted by molar-refractivity contribution is 5.93. The monoisotopic (exact) mass is 395 g/mol. The summed E-state index contributed by atoms with van der Waals surface area (Å²) in [5.41, 5.74) is 9.05. The Morgan fingerprint density at radius 3 is 2.97 bits per heavy atom. The van der Waals surface area contributed by atoms with Crippen molar-refractivity contribution < 1.29 is 9.90 Å². The number of hydrogen-bond donors (Lipinski definition) is 3. The minimum Gasteiger partial charge on any atom is -0.393 e. The Bertz CT molecular complexity index is 887. The van der Waals surface area contributed by atoms with Crippen LogP contribution in [0.3, 0.4) is 0 Å². The Morgan fingerprint density at radius 2 is 2.17 bits per heavy atom. The van der Waals surface area contributed by atoms with Crippen molar-refractivity contribution in [1.29, 1.82) is 0 Å². The summed E-state index contributed by atoms with van der Waals surface area (Å²) < 4.78 is 0. The molecule has 4 atom stereocenters. The van der Waals surface area contributed by atoms with Crippen molar-refractivity contribution in [3.05, 3.63) is 47.0 Å². The van der Waals surface area contributed by atoms with E-state index in [9.17, 15) is 9.90 Å². The summed E-state index contributed by atoms with van der Waals surface area (Å²) in [4.78, 5) is 25.3. The number of nitrogens with zero attached hydrogens (tertiary/aromatic N) is 3. The molecule has 4 N–H and O–H groups in total. The van der Waals surface area contributed by atoms with E-state index in [1.807, 2.05) is 12.3 Å². The molecule has 1 saturated carbocycles. The summed E-state index contributed by atoms with van der Waals surface area (Å²) in [6, 6.07) is 4.32. The molecular formula is C22H29N5O2. The molecule has 4 rings (SSSR count). The Kier molecular flexibility index (Phi) is 5.76. The molecule has 29 heavy (non-hydrogen) atoms. The number of hydrogen-bond acceptors (Lipinski definition) is 6. The average molecular weight is 396 g/mol. The van der Waals surface area contributed by atoms with E-state index >= 15 is 0 Å². The number of rotatable bonds is 5. The molecule has 1 fully saturated rings. The fraction of sp³-hybridized carbons (Fsp3) is 0.545. The summed E-state index contributed by atoms with van der Waals surface area (Å²) >= 11 is 0. The van der Waals surface area contributed by atoms with Gasteiger partial charge in [0.25, 0.3) is 5.91 Å². The van der Waals surface area contributed by atoms with Crippen LogP contribution in [-0.2, 0) is 19.3 Å². The summed E-state index contributed by atoms with van der Waals surface area (Å²) in [5, 5.41) is 13.6. The number of aliphatic hydroxyl groups is 1. The Balaban J connectivity index is 1.49. The second kappa shape index (κ2) is 8.45. The average Bonchev–Trinajstić information content (AvgIpc) is 2.71. The number of pyridine rings is 1. The second-order valence-electron chi connectivity index (χ2n) is 8.54. The molecule has 2 heterocycles. The SMILES string of the molecule is C[C@@H]1CC[C@@H](Cc2nc(N[C@@H]3CCc4ncccc4C3)ncc2C(N)=O)C[C@H]1O. The van der Waals surface area contributed by atoms with Crippen molar-refractivity contribution >= 4 is 11.9 Å². The number of anilines is 1. The van der Waals surface area contributed by atoms with Gasteiger partial charge in [0, 0.05) is 24.1 Å². The molecule has 1 amide bonds. The predicted octanol–water partition coefficient (Wildman–Crippen LogP) is 2.28. The maximum Gasteiger partial charge on any atom is 0.252 e. The van der Waals surface area contributed by atoms with Gasteiger partial charge < -0.3 is 16.2 Å². The molecule has 0 aromatic carbocycles. The highest BCUT2D eigenvalue weighted by atomic mass is 16.3. The molecule has 154 valence electrons. The van der Waals surface area contributed by atoms with Crippen molar-refractivity contribution in [1.82, 2.24) is 15.0 Å². The van der Waals surface area contributed by atoms with Gasteiger partial charge in [-0.3, -0.25) is 9.78 Å². The third-order valence-corrected chi connectivity index (χ3v) is 6.39. The van der Waals surface area contributed by atoms with Gasteiger partial charge in [0.15, 0.2) is 0 Å². The third-order valence-electron chi connectivity index (χ3n) is 6.39. The smallest absolute Gasteiger partial charge is 0.252 e. The van der Waals surface area contributed by atoms with Crippen LogP contribution in [0, 0.1) is 11.8 Å². The van der Waals surface area contributed by atoms with Gasteiger partial charge in [0.1, 0.15) is 0 Å². The first-order valence-corrected chi connectivity index (χ1v) is 10.5. The van der Waals surface area contributed by atoms with E-state index < -0.39 is 5.91 Å². The molecule has 7 heteroatoms. The number of nitrogens with two attached hydrogens (primary N) is 1. The summed E-state index contributed by atoms with van der Waals surface area (Å²) in [7, 11) is 0. The van der Waals surface area contributed by atoms with E-state index in [2.05, 4.69) is 33.3 Å². The van der Waals surface area contributed by atoms with Gasteiger partial charge in [-0.15, -0.1) is 0 Å². The minimum absolute atomic E-state index is 0.233. The zero-order valence-corrected chi connectivity index (χ0v) is 16.8. The number of carbonyl (C=O) groups is 1. The van der Waals surface area contributed by atoms with Crippen LogP contribution in [0.25, 0.3) is 0 Å². The summed E-state index contributed by atoms with van der Waals surface area (Å²) in [6.45, 7) is 2.08. The van der Waals surface area contributed by atoms with E-state index in [1.165, 1.54) is 17.5 Å². The van der Waals surface area contributed by atoms with Gasteiger partial charge >= 0.3 is 0 Å². The van der Waals surface area contributed by atoms with E-state index in [-0.39, 0.29) is 12.1 Å². The van der Waals surface area contributed by atoms with Gasteiger partial charge in [-0.2, -0.15) is 0 Å². The first kappa shape index (κ1) is 19.8. The standard InChI is InChI=1S/C22H29N5O2/c1-13-4-5-14(10-20(13)28)9-19-17(21(23)29)12-25-22(27-19)26-16-6-7-18-15(11-16)3-2-8-24-18/h2-3,8,12-14,16,20,28H,4-7,9-11H2,1H3,(H2,23,29)(H,25,26,27)/t13-,14+,16-,20-/m1/s1. The first-order chi connectivity index (χ1) is 14.0. The molecule has 0 bridgehead atoms. The quantitative estimate of drug-likeness (QED) is 0.716. The van der Waals surface area contributed by atoms with Crippen molar-refractivity contribution in [2.24, 2.45) is 17.6 Å². The lowest BCUT2D eigenvalue weighted by molar-refractivity contribution is 0.0531. The fourth-order valence-corrected chi connectivity index (χ4v) is 4.56. The molecule has 0 spiro atoms. The predicted molar refractivity (Wildman–Crippen MR) is 110 cm³/mol. The number of aliphatic hydroxyl groups excluding tert-OH is 1. The van der Waals surface area contributed by atoms with Crippen LogP contribution in [0.5, 0.6) is 0 Å². The fourth-order valence-electron chi connectivity index (χ4n) is 4.56. The number of aryl methyl sites for hydroxylation is 1. The molecule has 2 aliphatic carbocycles. The van der Waals surface area contributed by atoms with E-state index in [0.29, 0.717) is 35.5 Å². The number of amides is 1. The molecule has 0 saturated heterocycles. The van der Waals surface area contributed by atoms with Crippen LogP contribution in [0.1, 0.15) is 59.9 Å². The second-order valence-corrected chi connectivity index (χ2v) is 8.54. The van der Waals surface area contributed by atoms with Gasteiger partial charge in [0.05, 0.1) is 17.4 Å². The zero-order chi connectivity index (χ0) is 20.4. The first-order valence-electron chi connectivity index (χ1n) is 10.5. The van der Waals surface area contributed by atoms with Crippen molar-refractivity contribution in [2.45, 2.75) is 64.0 Å². The lowest BCUT2D eigenvalue weighted by Gasteiger charge is -2.31. The largest absolute Gasteiger partial charge is 0.393 e. The van der Waals surface area contributed by atoms with Crippen molar-refractivity contribution in [3.63, 3.8) is 0 Å². The molecule has 2 aromatic rings. The molecule has 2 aliphatic rings. The normalized spacial score (nSPS) is 26.6. The number of carbonyl (C=O) groups excluding carboxylic acids is 1. The van der Waals surface area contributed by atoms with Crippen molar-refractivity contribution in [2.75, 3.05) is 5.32 Å². The highest BCUT2D eigenvalue weighted by Crippen LogP contribution is 2.31. The number of nitrogens with one attached hydrogen (secondary N) is 1. The Morgan fingerprint density at radius 1 is 1.31 bits per heavy atom. The Labute approximate surface area is 171 Å². The van der Waals surface area contributed by atoms with Crippen LogP contribution in [-0.4, -0.2) is 38.1 Å². The van der Waals surface area contributed by atoms with Crippen molar-refractivity contribution in [3.8, 4) is 0 Å². The topological polar surface area (TPSA) is 114 Å². The van der Waals surface area contributed by atoms with Gasteiger partial charge in [-0.05, 0) is 68.4 Å². The Hall–Kier alpha value is -2.54. The van der Waals surface area contributed by atoms with Gasteiger partial charge in [-0.1, -0.05) is 13.0 Å². The maximum absolute atomic E-state index is 11.9. The molecule has 2 aromatic heterocycles. The summed E-state index contributed by atoms with van der Waals surface area (Å²) in [6.07, 6.45) is 9.24. The van der Waals surface area contributed by atoms with Crippen LogP contribution >= 0.6 is 0 Å². The van der Waals surface area contributed by atoms with E-state index in [4.69, 9.17) is 5.73 Å².